The molecule has 2 rings (SSSR count). The Morgan fingerprint density at radius 3 is 3.00 bits per heavy atom. The number of aromatic nitrogens is 1. The molecule has 0 aliphatic carbocycles. The summed E-state index contributed by atoms with van der Waals surface area (Å²) in [5, 5.41) is 0.503. The first-order valence-corrected chi connectivity index (χ1v) is 5.00. The van der Waals surface area contributed by atoms with E-state index in [0.717, 1.165) is 23.7 Å². The van der Waals surface area contributed by atoms with E-state index in [1.165, 1.54) is 0 Å². The Labute approximate surface area is 94.3 Å². The third-order valence-corrected chi connectivity index (χ3v) is 2.77. The zero-order valence-corrected chi connectivity index (χ0v) is 9.33. The van der Waals surface area contributed by atoms with Gasteiger partial charge in [-0.25, -0.2) is 4.98 Å². The number of pyridine rings is 1. The lowest BCUT2D eigenvalue weighted by atomic mass is 10.3. The summed E-state index contributed by atoms with van der Waals surface area (Å²) < 4.78 is 0. The maximum absolute atomic E-state index is 6.05. The van der Waals surface area contributed by atoms with E-state index in [4.69, 9.17) is 11.6 Å². The Kier molecular flexibility index (Phi) is 2.40. The fourth-order valence-electron chi connectivity index (χ4n) is 1.73. The molecule has 3 nitrogen and oxygen atoms in total. The number of hydrogen-bond donors (Lipinski definition) is 0. The highest BCUT2D eigenvalue weighted by molar-refractivity contribution is 6.33. The van der Waals surface area contributed by atoms with E-state index < -0.39 is 0 Å². The normalized spacial score (nSPS) is 14.4. The Morgan fingerprint density at radius 1 is 1.60 bits per heavy atom. The molecular weight excluding hydrogens is 210 g/mol. The second kappa shape index (κ2) is 3.59. The highest BCUT2D eigenvalue weighted by Gasteiger charge is 2.28. The maximum atomic E-state index is 6.05. The van der Waals surface area contributed by atoms with Crippen LogP contribution in [-0.2, 0) is 0 Å². The molecule has 78 valence electrons. The Morgan fingerprint density at radius 2 is 2.33 bits per heavy atom. The minimum Gasteiger partial charge on any atom is -0.327 e. The van der Waals surface area contributed by atoms with Gasteiger partial charge in [-0.2, -0.15) is 0 Å². The average Bonchev–Trinajstić information content (AvgIpc) is 2.45. The molecule has 0 N–H and O–H groups in total. The van der Waals surface area contributed by atoms with E-state index in [1.54, 1.807) is 6.20 Å². The van der Waals surface area contributed by atoms with E-state index in [2.05, 4.69) is 23.0 Å². The van der Waals surface area contributed by atoms with Gasteiger partial charge in [0.05, 0.1) is 5.69 Å². The van der Waals surface area contributed by atoms with Crippen LogP contribution in [0.5, 0.6) is 0 Å². The Bertz CT molecular complexity index is 428. The predicted octanol–water partition coefficient (Wildman–Crippen LogP) is 2.65. The van der Waals surface area contributed by atoms with Crippen molar-refractivity contribution in [2.75, 3.05) is 23.4 Å². The SMILES string of the molecule is C=CCN1C(=C)N(C)c2c1ccnc2Cl. The van der Waals surface area contributed by atoms with Gasteiger partial charge in [0.1, 0.15) is 11.5 Å². The molecule has 1 aliphatic heterocycles. The molecule has 15 heavy (non-hydrogen) atoms. The molecule has 0 amide bonds. The highest BCUT2D eigenvalue weighted by atomic mass is 35.5. The van der Waals surface area contributed by atoms with Gasteiger partial charge < -0.3 is 9.80 Å². The van der Waals surface area contributed by atoms with Gasteiger partial charge in [-0.1, -0.05) is 24.3 Å². The summed E-state index contributed by atoms with van der Waals surface area (Å²) in [6, 6.07) is 1.93. The van der Waals surface area contributed by atoms with Crippen LogP contribution in [0, 0.1) is 0 Å². The standard InChI is InChI=1S/C11H12ClN3/c1-4-7-15-8(2)14(3)10-9(15)5-6-13-11(10)12/h4-6H,1-2,7H2,3H3. The highest BCUT2D eigenvalue weighted by Crippen LogP contribution is 2.43. The van der Waals surface area contributed by atoms with E-state index >= 15 is 0 Å². The molecule has 0 spiro atoms. The number of anilines is 2. The van der Waals surface area contributed by atoms with Gasteiger partial charge in [0.2, 0.25) is 0 Å². The summed E-state index contributed by atoms with van der Waals surface area (Å²) in [6.45, 7) is 8.46. The van der Waals surface area contributed by atoms with Crippen molar-refractivity contribution in [3.05, 3.63) is 42.5 Å². The fourth-order valence-corrected chi connectivity index (χ4v) is 2.01. The van der Waals surface area contributed by atoms with Crippen molar-refractivity contribution >= 4 is 23.0 Å². The molecule has 4 heteroatoms. The lowest BCUT2D eigenvalue weighted by Gasteiger charge is -2.19. The van der Waals surface area contributed by atoms with Gasteiger partial charge in [-0.15, -0.1) is 6.58 Å². The van der Waals surface area contributed by atoms with Crippen molar-refractivity contribution in [3.8, 4) is 0 Å². The van der Waals surface area contributed by atoms with Crippen LogP contribution < -0.4 is 9.80 Å². The van der Waals surface area contributed by atoms with Crippen molar-refractivity contribution in [2.24, 2.45) is 0 Å². The zero-order chi connectivity index (χ0) is 11.0. The zero-order valence-electron chi connectivity index (χ0n) is 8.57. The molecule has 1 aromatic heterocycles. The van der Waals surface area contributed by atoms with Crippen LogP contribution in [-0.4, -0.2) is 18.6 Å². The van der Waals surface area contributed by atoms with Crippen molar-refractivity contribution < 1.29 is 0 Å². The molecule has 1 aromatic rings. The smallest absolute Gasteiger partial charge is 0.154 e. The maximum Gasteiger partial charge on any atom is 0.154 e. The molecule has 2 heterocycles. The van der Waals surface area contributed by atoms with E-state index in [0.29, 0.717) is 5.15 Å². The molecule has 1 aliphatic rings. The van der Waals surface area contributed by atoms with Gasteiger partial charge >= 0.3 is 0 Å². The van der Waals surface area contributed by atoms with E-state index in [-0.39, 0.29) is 0 Å². The largest absolute Gasteiger partial charge is 0.327 e. The molecule has 0 aromatic carbocycles. The van der Waals surface area contributed by atoms with Crippen LogP contribution in [0.2, 0.25) is 5.15 Å². The summed E-state index contributed by atoms with van der Waals surface area (Å²) in [6.07, 6.45) is 3.53. The van der Waals surface area contributed by atoms with Crippen LogP contribution in [0.4, 0.5) is 11.4 Å². The quantitative estimate of drug-likeness (QED) is 0.566. The lowest BCUT2D eigenvalue weighted by Crippen LogP contribution is -2.24. The lowest BCUT2D eigenvalue weighted by molar-refractivity contribution is 1.000. The van der Waals surface area contributed by atoms with Crippen LogP contribution in [0.1, 0.15) is 0 Å². The first-order chi connectivity index (χ1) is 7.16. The van der Waals surface area contributed by atoms with Gasteiger partial charge in [0, 0.05) is 19.8 Å². The summed E-state index contributed by atoms with van der Waals surface area (Å²) in [7, 11) is 1.93. The summed E-state index contributed by atoms with van der Waals surface area (Å²) in [5.41, 5.74) is 1.94. The number of fused-ring (bicyclic) bond motifs is 1. The van der Waals surface area contributed by atoms with E-state index in [1.807, 2.05) is 24.1 Å². The Balaban J connectivity index is 2.55. The summed E-state index contributed by atoms with van der Waals surface area (Å²) in [4.78, 5) is 8.05. The van der Waals surface area contributed by atoms with Gasteiger partial charge in [0.25, 0.3) is 0 Å². The second-order valence-corrected chi connectivity index (χ2v) is 3.70. The number of halogens is 1. The average molecular weight is 222 g/mol. The van der Waals surface area contributed by atoms with Crippen LogP contribution in [0.3, 0.4) is 0 Å². The topological polar surface area (TPSA) is 19.4 Å². The molecule has 0 saturated heterocycles. The van der Waals surface area contributed by atoms with Crippen molar-refractivity contribution in [1.82, 2.24) is 4.98 Å². The van der Waals surface area contributed by atoms with Crippen molar-refractivity contribution in [1.29, 1.82) is 0 Å². The minimum atomic E-state index is 0.503. The van der Waals surface area contributed by atoms with Crippen molar-refractivity contribution in [2.45, 2.75) is 0 Å². The van der Waals surface area contributed by atoms with Gasteiger partial charge in [-0.05, 0) is 6.07 Å². The first kappa shape index (κ1) is 10.1. The van der Waals surface area contributed by atoms with E-state index in [9.17, 15) is 0 Å². The van der Waals surface area contributed by atoms with Crippen LogP contribution >= 0.6 is 11.6 Å². The third-order valence-electron chi connectivity index (χ3n) is 2.49. The van der Waals surface area contributed by atoms with Crippen molar-refractivity contribution in [3.63, 3.8) is 0 Å². The third kappa shape index (κ3) is 1.39. The number of rotatable bonds is 2. The Hall–Kier alpha value is -1.48. The molecule has 0 bridgehead atoms. The fraction of sp³-hybridized carbons (Fsp3) is 0.182. The summed E-state index contributed by atoms with van der Waals surface area (Å²) in [5.74, 6) is 0.889. The first-order valence-electron chi connectivity index (χ1n) is 4.62. The molecular formula is C11H12ClN3. The number of hydrogen-bond acceptors (Lipinski definition) is 3. The number of nitrogens with zero attached hydrogens (tertiary/aromatic N) is 3. The molecule has 0 atom stereocenters. The molecule has 0 radical (unpaired) electrons. The van der Waals surface area contributed by atoms with Gasteiger partial charge in [0.15, 0.2) is 5.15 Å². The molecule has 0 unspecified atom stereocenters. The summed E-state index contributed by atoms with van der Waals surface area (Å²) >= 11 is 6.05. The second-order valence-electron chi connectivity index (χ2n) is 3.34. The molecule has 0 saturated carbocycles. The monoisotopic (exact) mass is 221 g/mol. The van der Waals surface area contributed by atoms with Crippen LogP contribution in [0.25, 0.3) is 0 Å². The molecule has 0 fully saturated rings. The minimum absolute atomic E-state index is 0.503. The van der Waals surface area contributed by atoms with Crippen LogP contribution in [0.15, 0.2) is 37.3 Å². The predicted molar refractivity (Wildman–Crippen MR) is 64.3 cm³/mol. The van der Waals surface area contributed by atoms with Gasteiger partial charge in [-0.3, -0.25) is 0 Å².